The predicted molar refractivity (Wildman–Crippen MR) is 93.2 cm³/mol. The first-order chi connectivity index (χ1) is 11.6. The SMILES string of the molecule is O=S(=O)(O[C@H]1C[C@]12CCCC[C@@H]2c1ccccc1)c1ccccc1. The number of benzene rings is 2. The first kappa shape index (κ1) is 15.9. The second-order valence-corrected chi connectivity index (χ2v) is 8.57. The van der Waals surface area contributed by atoms with Crippen LogP contribution < -0.4 is 0 Å². The van der Waals surface area contributed by atoms with Gasteiger partial charge in [0.15, 0.2) is 0 Å². The van der Waals surface area contributed by atoms with Crippen molar-refractivity contribution in [1.82, 2.24) is 0 Å². The molecule has 0 aromatic heterocycles. The fraction of sp³-hybridized carbons (Fsp3) is 0.400. The monoisotopic (exact) mass is 342 g/mol. The van der Waals surface area contributed by atoms with Gasteiger partial charge in [-0.25, -0.2) is 0 Å². The summed E-state index contributed by atoms with van der Waals surface area (Å²) in [7, 11) is -3.68. The zero-order chi connectivity index (χ0) is 16.6. The highest BCUT2D eigenvalue weighted by atomic mass is 32.2. The molecule has 2 aliphatic rings. The molecule has 1 spiro atoms. The van der Waals surface area contributed by atoms with Gasteiger partial charge in [0.2, 0.25) is 0 Å². The van der Waals surface area contributed by atoms with E-state index < -0.39 is 10.1 Å². The maximum absolute atomic E-state index is 12.5. The summed E-state index contributed by atoms with van der Waals surface area (Å²) in [5.74, 6) is 0.406. The molecule has 0 amide bonds. The van der Waals surface area contributed by atoms with Crippen LogP contribution in [0.25, 0.3) is 0 Å². The Kier molecular flexibility index (Phi) is 3.97. The normalized spacial score (nSPS) is 29.5. The van der Waals surface area contributed by atoms with E-state index >= 15 is 0 Å². The van der Waals surface area contributed by atoms with Crippen LogP contribution in [0.1, 0.15) is 43.6 Å². The molecule has 4 heteroatoms. The summed E-state index contributed by atoms with van der Waals surface area (Å²) in [6.45, 7) is 0. The number of hydrogen-bond acceptors (Lipinski definition) is 3. The van der Waals surface area contributed by atoms with E-state index in [1.165, 1.54) is 12.0 Å². The highest BCUT2D eigenvalue weighted by Crippen LogP contribution is 2.65. The maximum Gasteiger partial charge on any atom is 0.297 e. The molecule has 0 N–H and O–H groups in total. The van der Waals surface area contributed by atoms with Crippen molar-refractivity contribution in [3.8, 4) is 0 Å². The highest BCUT2D eigenvalue weighted by molar-refractivity contribution is 7.86. The van der Waals surface area contributed by atoms with Crippen LogP contribution in [0.4, 0.5) is 0 Å². The lowest BCUT2D eigenvalue weighted by Crippen LogP contribution is -2.25. The minimum absolute atomic E-state index is 0.00144. The molecule has 2 fully saturated rings. The van der Waals surface area contributed by atoms with E-state index in [2.05, 4.69) is 24.3 Å². The Morgan fingerprint density at radius 2 is 1.58 bits per heavy atom. The third-order valence-electron chi connectivity index (χ3n) is 5.60. The van der Waals surface area contributed by atoms with E-state index in [1.807, 2.05) is 12.1 Å². The van der Waals surface area contributed by atoms with Crippen LogP contribution >= 0.6 is 0 Å². The number of rotatable bonds is 4. The van der Waals surface area contributed by atoms with Crippen LogP contribution in [0.15, 0.2) is 65.6 Å². The van der Waals surface area contributed by atoms with Gasteiger partial charge >= 0.3 is 0 Å². The van der Waals surface area contributed by atoms with Crippen molar-refractivity contribution in [1.29, 1.82) is 0 Å². The van der Waals surface area contributed by atoms with E-state index in [0.717, 1.165) is 25.7 Å². The zero-order valence-electron chi connectivity index (χ0n) is 13.6. The molecule has 0 unspecified atom stereocenters. The molecule has 2 aliphatic carbocycles. The maximum atomic E-state index is 12.5. The van der Waals surface area contributed by atoms with Gasteiger partial charge in [0, 0.05) is 5.41 Å². The van der Waals surface area contributed by atoms with Gasteiger partial charge in [-0.05, 0) is 42.9 Å². The third-order valence-corrected chi connectivity index (χ3v) is 6.94. The molecule has 3 atom stereocenters. The Morgan fingerprint density at radius 3 is 2.29 bits per heavy atom. The first-order valence-corrected chi connectivity index (χ1v) is 10.1. The van der Waals surface area contributed by atoms with E-state index in [4.69, 9.17) is 4.18 Å². The van der Waals surface area contributed by atoms with Crippen LogP contribution in [0.3, 0.4) is 0 Å². The molecule has 0 aliphatic heterocycles. The number of hydrogen-bond donors (Lipinski definition) is 0. The summed E-state index contributed by atoms with van der Waals surface area (Å²) < 4.78 is 30.7. The fourth-order valence-corrected chi connectivity index (χ4v) is 5.46. The Balaban J connectivity index is 1.57. The van der Waals surface area contributed by atoms with Gasteiger partial charge < -0.3 is 0 Å². The third kappa shape index (κ3) is 2.78. The highest BCUT2D eigenvalue weighted by Gasteiger charge is 2.62. The van der Waals surface area contributed by atoms with Crippen LogP contribution in [0.2, 0.25) is 0 Å². The summed E-state index contributed by atoms with van der Waals surface area (Å²) in [5, 5.41) is 0. The van der Waals surface area contributed by atoms with Crippen molar-refractivity contribution in [2.45, 2.75) is 49.0 Å². The molecule has 2 aromatic rings. The largest absolute Gasteiger partial charge is 0.297 e. The molecular weight excluding hydrogens is 320 g/mol. The lowest BCUT2D eigenvalue weighted by atomic mass is 9.72. The van der Waals surface area contributed by atoms with Crippen molar-refractivity contribution in [3.63, 3.8) is 0 Å². The summed E-state index contributed by atoms with van der Waals surface area (Å²) in [6.07, 6.45) is 5.21. The molecule has 2 aromatic carbocycles. The molecule has 0 bridgehead atoms. The van der Waals surface area contributed by atoms with Gasteiger partial charge in [0.1, 0.15) is 0 Å². The van der Waals surface area contributed by atoms with E-state index in [1.54, 1.807) is 24.3 Å². The van der Waals surface area contributed by atoms with Gasteiger partial charge in [-0.15, -0.1) is 0 Å². The van der Waals surface area contributed by atoms with Gasteiger partial charge in [-0.1, -0.05) is 61.4 Å². The topological polar surface area (TPSA) is 43.4 Å². The molecule has 2 saturated carbocycles. The molecule has 3 nitrogen and oxygen atoms in total. The summed E-state index contributed by atoms with van der Waals surface area (Å²) in [5.41, 5.74) is 1.32. The quantitative estimate of drug-likeness (QED) is 0.768. The summed E-state index contributed by atoms with van der Waals surface area (Å²) >= 11 is 0. The van der Waals surface area contributed by atoms with Crippen LogP contribution in [0, 0.1) is 5.41 Å². The van der Waals surface area contributed by atoms with E-state index in [0.29, 0.717) is 5.92 Å². The molecule has 0 saturated heterocycles. The van der Waals surface area contributed by atoms with Crippen molar-refractivity contribution in [2.75, 3.05) is 0 Å². The second-order valence-electron chi connectivity index (χ2n) is 7.00. The average Bonchev–Trinajstić information content (AvgIpc) is 3.28. The predicted octanol–water partition coefficient (Wildman–Crippen LogP) is 4.51. The zero-order valence-corrected chi connectivity index (χ0v) is 14.4. The van der Waals surface area contributed by atoms with E-state index in [9.17, 15) is 8.42 Å². The molecule has 0 radical (unpaired) electrons. The van der Waals surface area contributed by atoms with E-state index in [-0.39, 0.29) is 16.4 Å². The molecule has 24 heavy (non-hydrogen) atoms. The minimum Gasteiger partial charge on any atom is -0.262 e. The Labute approximate surface area is 143 Å². The van der Waals surface area contributed by atoms with Crippen molar-refractivity contribution in [2.24, 2.45) is 5.41 Å². The second kappa shape index (κ2) is 6.01. The van der Waals surface area contributed by atoms with Crippen LogP contribution in [0.5, 0.6) is 0 Å². The molecule has 126 valence electrons. The Hall–Kier alpha value is -1.65. The average molecular weight is 342 g/mol. The van der Waals surface area contributed by atoms with Crippen LogP contribution in [-0.2, 0) is 14.3 Å². The minimum atomic E-state index is -3.68. The molecule has 0 heterocycles. The Morgan fingerprint density at radius 1 is 0.917 bits per heavy atom. The summed E-state index contributed by atoms with van der Waals surface area (Å²) in [4.78, 5) is 0.249. The van der Waals surface area contributed by atoms with Crippen molar-refractivity contribution >= 4 is 10.1 Å². The smallest absolute Gasteiger partial charge is 0.262 e. The lowest BCUT2D eigenvalue weighted by molar-refractivity contribution is 0.186. The van der Waals surface area contributed by atoms with Gasteiger partial charge in [-0.2, -0.15) is 8.42 Å². The lowest BCUT2D eigenvalue weighted by Gasteiger charge is -2.33. The standard InChI is InChI=1S/C20H22O3S/c21-24(22,17-11-5-2-6-12-17)23-19-15-20(19)14-8-7-13-18(20)16-9-3-1-4-10-16/h1-6,9-12,18-19H,7-8,13-15H2/t18-,19+,20+/m1/s1. The Bertz CT molecular complexity index is 801. The van der Waals surface area contributed by atoms with Crippen molar-refractivity contribution < 1.29 is 12.6 Å². The fourth-order valence-electron chi connectivity index (χ4n) is 4.29. The van der Waals surface area contributed by atoms with Gasteiger partial charge in [0.05, 0.1) is 11.0 Å². The van der Waals surface area contributed by atoms with Crippen LogP contribution in [-0.4, -0.2) is 14.5 Å². The first-order valence-electron chi connectivity index (χ1n) is 8.65. The molecular formula is C20H22O3S. The van der Waals surface area contributed by atoms with Gasteiger partial charge in [-0.3, -0.25) is 4.18 Å². The van der Waals surface area contributed by atoms with Gasteiger partial charge in [0.25, 0.3) is 10.1 Å². The summed E-state index contributed by atoms with van der Waals surface area (Å²) in [6, 6.07) is 19.0. The molecule has 4 rings (SSSR count). The van der Waals surface area contributed by atoms with Crippen molar-refractivity contribution in [3.05, 3.63) is 66.2 Å².